The van der Waals surface area contributed by atoms with Gasteiger partial charge in [-0.05, 0) is 26.7 Å². The largest absolute Gasteiger partial charge is 0.378 e. The number of likely N-dealkylation sites (tertiary alicyclic amines) is 1. The Morgan fingerprint density at radius 2 is 1.78 bits per heavy atom. The first-order chi connectivity index (χ1) is 8.67. The maximum Gasteiger partial charge on any atom is 0.0976 e. The molecule has 0 aromatic rings. The van der Waals surface area contributed by atoms with E-state index in [-0.39, 0.29) is 0 Å². The minimum Gasteiger partial charge on any atom is -0.378 e. The van der Waals surface area contributed by atoms with E-state index in [1.807, 2.05) is 0 Å². The molecule has 0 amide bonds. The van der Waals surface area contributed by atoms with Crippen molar-refractivity contribution >= 4 is 0 Å². The van der Waals surface area contributed by atoms with E-state index < -0.39 is 0 Å². The molecule has 104 valence electrons. The molecule has 0 aromatic heterocycles. The van der Waals surface area contributed by atoms with Gasteiger partial charge in [0.2, 0.25) is 0 Å². The molecule has 2 heterocycles. The quantitative estimate of drug-likeness (QED) is 0.741. The van der Waals surface area contributed by atoms with Crippen LogP contribution in [0.3, 0.4) is 0 Å². The molecule has 0 aromatic carbocycles. The molecule has 0 N–H and O–H groups in total. The van der Waals surface area contributed by atoms with Crippen molar-refractivity contribution < 1.29 is 14.2 Å². The smallest absolute Gasteiger partial charge is 0.0976 e. The third-order valence-corrected chi connectivity index (χ3v) is 4.28. The summed E-state index contributed by atoms with van der Waals surface area (Å²) in [7, 11) is 0. The zero-order valence-electron chi connectivity index (χ0n) is 11.6. The summed E-state index contributed by atoms with van der Waals surface area (Å²) in [6.45, 7) is 9.89. The average Bonchev–Trinajstić information content (AvgIpc) is 2.98. The van der Waals surface area contributed by atoms with Crippen molar-refractivity contribution in [3.63, 3.8) is 0 Å². The lowest BCUT2D eigenvalue weighted by molar-refractivity contribution is -0.116. The minimum atomic E-state index is 0.306. The van der Waals surface area contributed by atoms with Crippen LogP contribution in [0.15, 0.2) is 0 Å². The number of hydrogen-bond acceptors (Lipinski definition) is 4. The van der Waals surface area contributed by atoms with Crippen LogP contribution < -0.4 is 0 Å². The predicted octanol–water partition coefficient (Wildman–Crippen LogP) is 1.29. The van der Waals surface area contributed by atoms with Crippen molar-refractivity contribution in [3.05, 3.63) is 0 Å². The van der Waals surface area contributed by atoms with Crippen molar-refractivity contribution in [1.82, 2.24) is 4.90 Å². The Labute approximate surface area is 110 Å². The molecular formula is C14H25NO3. The highest BCUT2D eigenvalue weighted by Gasteiger charge is 2.47. The fourth-order valence-electron chi connectivity index (χ4n) is 3.01. The van der Waals surface area contributed by atoms with Gasteiger partial charge in [0.05, 0.1) is 38.1 Å². The Morgan fingerprint density at radius 1 is 1.17 bits per heavy atom. The second-order valence-electron chi connectivity index (χ2n) is 6.37. The van der Waals surface area contributed by atoms with Gasteiger partial charge in [0.1, 0.15) is 0 Å². The molecule has 2 aliphatic heterocycles. The molecule has 0 radical (unpaired) electrons. The molecule has 4 nitrogen and oxygen atoms in total. The van der Waals surface area contributed by atoms with Crippen molar-refractivity contribution in [2.75, 3.05) is 39.5 Å². The molecule has 3 aliphatic rings. The molecule has 0 spiro atoms. The topological polar surface area (TPSA) is 30.9 Å². The molecule has 3 fully saturated rings. The standard InChI is InChI=1S/C14H25NO3/c1-11(2)18-10-14(3-4-14)9-15-7-12-13(8-15)17-6-5-16-12/h11-13H,3-10H2,1-2H3/t12-,13-/m0/s1. The van der Waals surface area contributed by atoms with E-state index in [2.05, 4.69) is 18.7 Å². The lowest BCUT2D eigenvalue weighted by Gasteiger charge is -2.24. The molecule has 3 rings (SSSR count). The number of fused-ring (bicyclic) bond motifs is 1. The molecule has 1 aliphatic carbocycles. The summed E-state index contributed by atoms with van der Waals surface area (Å²) in [6, 6.07) is 0. The molecule has 1 saturated carbocycles. The highest BCUT2D eigenvalue weighted by atomic mass is 16.6. The zero-order valence-corrected chi connectivity index (χ0v) is 11.6. The van der Waals surface area contributed by atoms with Crippen LogP contribution in [0.2, 0.25) is 0 Å². The molecule has 18 heavy (non-hydrogen) atoms. The molecule has 2 atom stereocenters. The van der Waals surface area contributed by atoms with E-state index in [0.717, 1.165) is 39.5 Å². The first-order valence-corrected chi connectivity index (χ1v) is 7.24. The van der Waals surface area contributed by atoms with E-state index in [9.17, 15) is 0 Å². The van der Waals surface area contributed by atoms with Crippen LogP contribution >= 0.6 is 0 Å². The van der Waals surface area contributed by atoms with Gasteiger partial charge < -0.3 is 14.2 Å². The summed E-state index contributed by atoms with van der Waals surface area (Å²) in [4.78, 5) is 2.51. The summed E-state index contributed by atoms with van der Waals surface area (Å²) in [5.41, 5.74) is 0.428. The highest BCUT2D eigenvalue weighted by molar-refractivity contribution is 4.99. The fourth-order valence-corrected chi connectivity index (χ4v) is 3.01. The molecule has 0 unspecified atom stereocenters. The van der Waals surface area contributed by atoms with Gasteiger partial charge in [0.25, 0.3) is 0 Å². The van der Waals surface area contributed by atoms with Crippen molar-refractivity contribution in [3.8, 4) is 0 Å². The van der Waals surface area contributed by atoms with Gasteiger partial charge in [0, 0.05) is 25.0 Å². The van der Waals surface area contributed by atoms with Gasteiger partial charge >= 0.3 is 0 Å². The van der Waals surface area contributed by atoms with Crippen LogP contribution in [0, 0.1) is 5.41 Å². The molecule has 4 heteroatoms. The minimum absolute atomic E-state index is 0.306. The Morgan fingerprint density at radius 3 is 2.28 bits per heavy atom. The third-order valence-electron chi connectivity index (χ3n) is 4.28. The Hall–Kier alpha value is -0.160. The van der Waals surface area contributed by atoms with Crippen molar-refractivity contribution in [2.24, 2.45) is 5.41 Å². The average molecular weight is 255 g/mol. The summed E-state index contributed by atoms with van der Waals surface area (Å²) in [5, 5.41) is 0. The van der Waals surface area contributed by atoms with Gasteiger partial charge in [-0.1, -0.05) is 0 Å². The summed E-state index contributed by atoms with van der Waals surface area (Å²) < 4.78 is 17.3. The van der Waals surface area contributed by atoms with Gasteiger partial charge in [0.15, 0.2) is 0 Å². The van der Waals surface area contributed by atoms with Crippen LogP contribution in [0.1, 0.15) is 26.7 Å². The van der Waals surface area contributed by atoms with E-state index >= 15 is 0 Å². The number of ether oxygens (including phenoxy) is 3. The first kappa shape index (κ1) is 12.9. The lowest BCUT2D eigenvalue weighted by atomic mass is 10.1. The summed E-state index contributed by atoms with van der Waals surface area (Å²) in [5.74, 6) is 0. The number of nitrogens with zero attached hydrogens (tertiary/aromatic N) is 1. The zero-order chi connectivity index (χ0) is 12.6. The van der Waals surface area contributed by atoms with E-state index in [1.165, 1.54) is 12.8 Å². The number of rotatable bonds is 5. The van der Waals surface area contributed by atoms with Gasteiger partial charge in [-0.2, -0.15) is 0 Å². The van der Waals surface area contributed by atoms with Crippen LogP contribution in [-0.4, -0.2) is 62.7 Å². The van der Waals surface area contributed by atoms with Gasteiger partial charge in [-0.25, -0.2) is 0 Å². The Balaban J connectivity index is 1.48. The number of hydrogen-bond donors (Lipinski definition) is 0. The van der Waals surface area contributed by atoms with E-state index in [1.54, 1.807) is 0 Å². The van der Waals surface area contributed by atoms with Crippen LogP contribution in [0.25, 0.3) is 0 Å². The van der Waals surface area contributed by atoms with E-state index in [4.69, 9.17) is 14.2 Å². The molecule has 2 saturated heterocycles. The van der Waals surface area contributed by atoms with Crippen LogP contribution in [0.4, 0.5) is 0 Å². The normalized spacial score (nSPS) is 34.8. The van der Waals surface area contributed by atoms with E-state index in [0.29, 0.717) is 23.7 Å². The van der Waals surface area contributed by atoms with Crippen LogP contribution in [-0.2, 0) is 14.2 Å². The van der Waals surface area contributed by atoms with Gasteiger partial charge in [-0.15, -0.1) is 0 Å². The van der Waals surface area contributed by atoms with Gasteiger partial charge in [-0.3, -0.25) is 4.90 Å². The lowest BCUT2D eigenvalue weighted by Crippen LogP contribution is -2.36. The fraction of sp³-hybridized carbons (Fsp3) is 1.00. The third kappa shape index (κ3) is 2.87. The second kappa shape index (κ2) is 5.08. The Bertz CT molecular complexity index is 277. The Kier molecular flexibility index (Phi) is 3.63. The first-order valence-electron chi connectivity index (χ1n) is 7.24. The highest BCUT2D eigenvalue weighted by Crippen LogP contribution is 2.47. The van der Waals surface area contributed by atoms with Crippen LogP contribution in [0.5, 0.6) is 0 Å². The SMILES string of the molecule is CC(C)OCC1(CN2C[C@@H]3OCCO[C@H]3C2)CC1. The van der Waals surface area contributed by atoms with Crippen molar-refractivity contribution in [2.45, 2.75) is 45.0 Å². The second-order valence-corrected chi connectivity index (χ2v) is 6.37. The maximum atomic E-state index is 5.81. The summed E-state index contributed by atoms with van der Waals surface area (Å²) >= 11 is 0. The molecule has 0 bridgehead atoms. The predicted molar refractivity (Wildman–Crippen MR) is 68.7 cm³/mol. The summed E-state index contributed by atoms with van der Waals surface area (Å²) in [6.07, 6.45) is 3.58. The van der Waals surface area contributed by atoms with Crippen molar-refractivity contribution in [1.29, 1.82) is 0 Å². The molecular weight excluding hydrogens is 230 g/mol. The monoisotopic (exact) mass is 255 g/mol. The maximum absolute atomic E-state index is 5.81.